The van der Waals surface area contributed by atoms with Crippen LogP contribution in [0.5, 0.6) is 0 Å². The Morgan fingerprint density at radius 2 is 1.54 bits per heavy atom. The van der Waals surface area contributed by atoms with Crippen molar-refractivity contribution in [3.05, 3.63) is 70.3 Å². The molecule has 0 aliphatic heterocycles. The van der Waals surface area contributed by atoms with Gasteiger partial charge in [-0.1, -0.05) is 76.2 Å². The average molecular weight is 349 g/mol. The summed E-state index contributed by atoms with van der Waals surface area (Å²) in [6.07, 6.45) is 4.79. The molecule has 26 heavy (non-hydrogen) atoms. The van der Waals surface area contributed by atoms with Crippen LogP contribution in [-0.2, 0) is 22.2 Å². The zero-order valence-electron chi connectivity index (χ0n) is 17.1. The molecule has 0 saturated heterocycles. The van der Waals surface area contributed by atoms with Crippen molar-refractivity contribution in [2.75, 3.05) is 7.11 Å². The zero-order chi connectivity index (χ0) is 18.9. The zero-order valence-corrected chi connectivity index (χ0v) is 17.1. The molecule has 0 bridgehead atoms. The van der Waals surface area contributed by atoms with Crippen molar-refractivity contribution in [1.82, 2.24) is 0 Å². The summed E-state index contributed by atoms with van der Waals surface area (Å²) in [4.78, 5) is 0. The standard InChI is InChI=1S/C25H32O/c1-18(15-19-7-9-20(10-8-19)17-26-6)21-11-12-22-23(16-21)25(4,5)14-13-24(22,2)3/h7-12,15-16H,13-14,17H2,1-6H3/b18-15+. The normalized spacial score (nSPS) is 18.5. The minimum absolute atomic E-state index is 0.253. The Labute approximate surface area is 159 Å². The molecule has 1 aliphatic rings. The van der Waals surface area contributed by atoms with Crippen LogP contribution in [0.4, 0.5) is 0 Å². The monoisotopic (exact) mass is 348 g/mol. The van der Waals surface area contributed by atoms with E-state index in [0.29, 0.717) is 6.61 Å². The highest BCUT2D eigenvalue weighted by atomic mass is 16.5. The van der Waals surface area contributed by atoms with E-state index in [0.717, 1.165) is 0 Å². The second-order valence-electron chi connectivity index (χ2n) is 9.03. The van der Waals surface area contributed by atoms with Crippen molar-refractivity contribution in [2.45, 2.75) is 64.9 Å². The largest absolute Gasteiger partial charge is 0.380 e. The van der Waals surface area contributed by atoms with Gasteiger partial charge < -0.3 is 4.74 Å². The number of hydrogen-bond donors (Lipinski definition) is 0. The molecule has 1 aliphatic carbocycles. The molecule has 138 valence electrons. The van der Waals surface area contributed by atoms with Crippen molar-refractivity contribution in [3.8, 4) is 0 Å². The minimum Gasteiger partial charge on any atom is -0.380 e. The van der Waals surface area contributed by atoms with Crippen LogP contribution in [0, 0.1) is 0 Å². The molecule has 0 unspecified atom stereocenters. The van der Waals surface area contributed by atoms with Gasteiger partial charge in [-0.25, -0.2) is 0 Å². The van der Waals surface area contributed by atoms with Gasteiger partial charge in [-0.2, -0.15) is 0 Å². The summed E-state index contributed by atoms with van der Waals surface area (Å²) in [7, 11) is 1.73. The molecule has 0 saturated carbocycles. The summed E-state index contributed by atoms with van der Waals surface area (Å²) >= 11 is 0. The van der Waals surface area contributed by atoms with E-state index >= 15 is 0 Å². The third kappa shape index (κ3) is 3.78. The highest BCUT2D eigenvalue weighted by molar-refractivity contribution is 5.80. The Balaban J connectivity index is 1.94. The molecule has 1 heteroatoms. The van der Waals surface area contributed by atoms with Crippen molar-refractivity contribution in [1.29, 1.82) is 0 Å². The molecule has 0 fully saturated rings. The van der Waals surface area contributed by atoms with Gasteiger partial charge in [0, 0.05) is 7.11 Å². The third-order valence-corrected chi connectivity index (χ3v) is 5.98. The molecule has 0 N–H and O–H groups in total. The first-order chi connectivity index (χ1) is 12.2. The topological polar surface area (TPSA) is 9.23 Å². The first-order valence-electron chi connectivity index (χ1n) is 9.64. The van der Waals surface area contributed by atoms with Gasteiger partial charge in [-0.3, -0.25) is 0 Å². The molecule has 0 radical (unpaired) electrons. The van der Waals surface area contributed by atoms with Crippen LogP contribution in [0.15, 0.2) is 42.5 Å². The summed E-state index contributed by atoms with van der Waals surface area (Å²) in [5.74, 6) is 0. The molecule has 2 aromatic carbocycles. The van der Waals surface area contributed by atoms with Gasteiger partial charge in [0.25, 0.3) is 0 Å². The lowest BCUT2D eigenvalue weighted by atomic mass is 9.63. The van der Waals surface area contributed by atoms with Crippen molar-refractivity contribution in [2.24, 2.45) is 0 Å². The fourth-order valence-corrected chi connectivity index (χ4v) is 4.04. The quantitative estimate of drug-likeness (QED) is 0.556. The molecule has 0 amide bonds. The highest BCUT2D eigenvalue weighted by Crippen LogP contribution is 2.46. The molecule has 3 rings (SSSR count). The number of rotatable bonds is 4. The number of allylic oxidation sites excluding steroid dienone is 1. The van der Waals surface area contributed by atoms with Gasteiger partial charge in [-0.15, -0.1) is 0 Å². The fraction of sp³-hybridized carbons (Fsp3) is 0.440. The predicted molar refractivity (Wildman–Crippen MR) is 112 cm³/mol. The van der Waals surface area contributed by atoms with Crippen molar-refractivity contribution < 1.29 is 4.74 Å². The van der Waals surface area contributed by atoms with E-state index in [1.165, 1.54) is 46.2 Å². The number of ether oxygens (including phenoxy) is 1. The molecule has 2 aromatic rings. The van der Waals surface area contributed by atoms with E-state index in [2.05, 4.69) is 83.2 Å². The maximum absolute atomic E-state index is 5.19. The SMILES string of the molecule is COCc1ccc(/C=C(\C)c2ccc3c(c2)C(C)(C)CCC3(C)C)cc1. The minimum atomic E-state index is 0.253. The lowest BCUT2D eigenvalue weighted by molar-refractivity contribution is 0.185. The summed E-state index contributed by atoms with van der Waals surface area (Å²) in [5, 5.41) is 0. The first kappa shape index (κ1) is 18.9. The summed E-state index contributed by atoms with van der Waals surface area (Å²) < 4.78 is 5.19. The molecular formula is C25H32O. The van der Waals surface area contributed by atoms with Gasteiger partial charge in [0.2, 0.25) is 0 Å². The van der Waals surface area contributed by atoms with Crippen LogP contribution in [0.3, 0.4) is 0 Å². The number of methoxy groups -OCH3 is 1. The first-order valence-corrected chi connectivity index (χ1v) is 9.64. The molecule has 0 aromatic heterocycles. The van der Waals surface area contributed by atoms with E-state index in [9.17, 15) is 0 Å². The van der Waals surface area contributed by atoms with E-state index < -0.39 is 0 Å². The third-order valence-electron chi connectivity index (χ3n) is 5.98. The summed E-state index contributed by atoms with van der Waals surface area (Å²) in [6, 6.07) is 15.7. The van der Waals surface area contributed by atoms with Gasteiger partial charge in [0.1, 0.15) is 0 Å². The Kier molecular flexibility index (Phi) is 5.12. The molecule has 0 atom stereocenters. The van der Waals surface area contributed by atoms with E-state index in [1.54, 1.807) is 7.11 Å². The molecule has 0 spiro atoms. The Bertz CT molecular complexity index is 807. The number of benzene rings is 2. The predicted octanol–water partition coefficient (Wildman–Crippen LogP) is 6.74. The van der Waals surface area contributed by atoms with Gasteiger partial charge >= 0.3 is 0 Å². The maximum atomic E-state index is 5.19. The van der Waals surface area contributed by atoms with Crippen LogP contribution in [0.1, 0.15) is 75.3 Å². The van der Waals surface area contributed by atoms with Gasteiger partial charge in [0.05, 0.1) is 6.61 Å². The van der Waals surface area contributed by atoms with Crippen LogP contribution >= 0.6 is 0 Å². The second kappa shape index (κ2) is 7.04. The lowest BCUT2D eigenvalue weighted by Gasteiger charge is -2.42. The maximum Gasteiger partial charge on any atom is 0.0713 e. The molecule has 0 heterocycles. The van der Waals surface area contributed by atoms with Crippen molar-refractivity contribution >= 4 is 11.6 Å². The Hall–Kier alpha value is -1.86. The second-order valence-corrected chi connectivity index (χ2v) is 9.03. The smallest absolute Gasteiger partial charge is 0.0713 e. The summed E-state index contributed by atoms with van der Waals surface area (Å²) in [5.41, 5.74) is 8.66. The van der Waals surface area contributed by atoms with Crippen molar-refractivity contribution in [3.63, 3.8) is 0 Å². The van der Waals surface area contributed by atoms with E-state index in [4.69, 9.17) is 4.74 Å². The van der Waals surface area contributed by atoms with E-state index in [1.807, 2.05) is 0 Å². The molecule has 1 nitrogen and oxygen atoms in total. The summed E-state index contributed by atoms with van der Waals surface area (Å²) in [6.45, 7) is 12.4. The Morgan fingerprint density at radius 1 is 0.923 bits per heavy atom. The van der Waals surface area contributed by atoms with Gasteiger partial charge in [-0.05, 0) is 64.0 Å². The highest BCUT2D eigenvalue weighted by Gasteiger charge is 2.36. The Morgan fingerprint density at radius 3 is 2.15 bits per heavy atom. The van der Waals surface area contributed by atoms with E-state index in [-0.39, 0.29) is 10.8 Å². The fourth-order valence-electron chi connectivity index (χ4n) is 4.04. The van der Waals surface area contributed by atoms with Crippen LogP contribution in [0.2, 0.25) is 0 Å². The number of fused-ring (bicyclic) bond motifs is 1. The van der Waals surface area contributed by atoms with Crippen LogP contribution in [-0.4, -0.2) is 7.11 Å². The van der Waals surface area contributed by atoms with Gasteiger partial charge in [0.15, 0.2) is 0 Å². The van der Waals surface area contributed by atoms with Crippen LogP contribution in [0.25, 0.3) is 11.6 Å². The molecular weight excluding hydrogens is 316 g/mol. The number of hydrogen-bond acceptors (Lipinski definition) is 1. The average Bonchev–Trinajstić information content (AvgIpc) is 2.61. The van der Waals surface area contributed by atoms with Crippen LogP contribution < -0.4 is 0 Å². The lowest BCUT2D eigenvalue weighted by Crippen LogP contribution is -2.33.